The molecule has 0 fully saturated rings. The van der Waals surface area contributed by atoms with Gasteiger partial charge in [0.15, 0.2) is 0 Å². The molecule has 0 aliphatic carbocycles. The maximum Gasteiger partial charge on any atom is 0.270 e. The third kappa shape index (κ3) is 4.47. The summed E-state index contributed by atoms with van der Waals surface area (Å²) in [5.74, 6) is 2.67. The molecule has 1 N–H and O–H groups in total. The van der Waals surface area contributed by atoms with Gasteiger partial charge < -0.3 is 0 Å². The number of benzene rings is 1. The summed E-state index contributed by atoms with van der Waals surface area (Å²) in [4.78, 5) is 10.3. The van der Waals surface area contributed by atoms with Crippen LogP contribution in [-0.2, 0) is 6.54 Å². The molecule has 0 spiro atoms. The zero-order valence-corrected chi connectivity index (χ0v) is 11.7. The fraction of sp³-hybridized carbons (Fsp3) is 0.385. The lowest BCUT2D eigenvalue weighted by atomic mass is 10.1. The smallest absolute Gasteiger partial charge is 0.270 e. The lowest BCUT2D eigenvalue weighted by Gasteiger charge is -2.12. The number of non-ortho nitro benzene ring substituents is 1. The molecule has 96 valence electrons. The van der Waals surface area contributed by atoms with Gasteiger partial charge in [-0.05, 0) is 18.1 Å². The van der Waals surface area contributed by atoms with Gasteiger partial charge in [-0.2, -0.15) is 0 Å². The van der Waals surface area contributed by atoms with Crippen LogP contribution in [0.1, 0.15) is 25.3 Å². The predicted octanol–water partition coefficient (Wildman–Crippen LogP) is 3.25. The molecule has 5 heteroatoms. The Morgan fingerprint density at radius 3 is 2.83 bits per heavy atom. The van der Waals surface area contributed by atoms with Gasteiger partial charge >= 0.3 is 0 Å². The second kappa shape index (κ2) is 7.14. The van der Waals surface area contributed by atoms with E-state index in [1.54, 1.807) is 6.07 Å². The molecule has 0 amide bonds. The number of nitrogens with one attached hydrogen (secondary N) is 1. The Hall–Kier alpha value is -1.38. The molecule has 0 saturated heterocycles. The number of hydrogen-bond donors (Lipinski definition) is 1. The van der Waals surface area contributed by atoms with E-state index in [2.05, 4.69) is 34.1 Å². The summed E-state index contributed by atoms with van der Waals surface area (Å²) in [7, 11) is 0. The van der Waals surface area contributed by atoms with Crippen LogP contribution in [0.2, 0.25) is 0 Å². The zero-order chi connectivity index (χ0) is 13.5. The lowest BCUT2D eigenvalue weighted by Crippen LogP contribution is -2.26. The highest BCUT2D eigenvalue weighted by molar-refractivity contribution is 9.10. The Morgan fingerprint density at radius 1 is 1.56 bits per heavy atom. The second-order valence-electron chi connectivity index (χ2n) is 3.96. The first-order chi connectivity index (χ1) is 8.56. The van der Waals surface area contributed by atoms with Crippen molar-refractivity contribution >= 4 is 21.6 Å². The Kier molecular flexibility index (Phi) is 5.83. The van der Waals surface area contributed by atoms with Gasteiger partial charge in [0.25, 0.3) is 5.69 Å². The van der Waals surface area contributed by atoms with Crippen LogP contribution in [0.25, 0.3) is 0 Å². The first-order valence-electron chi connectivity index (χ1n) is 5.70. The minimum absolute atomic E-state index is 0.00744. The minimum Gasteiger partial charge on any atom is -0.300 e. The van der Waals surface area contributed by atoms with E-state index in [9.17, 15) is 10.1 Å². The van der Waals surface area contributed by atoms with E-state index in [-0.39, 0.29) is 11.7 Å². The number of terminal acetylenes is 1. The molecule has 0 aliphatic rings. The molecule has 0 bridgehead atoms. The van der Waals surface area contributed by atoms with Gasteiger partial charge in [-0.15, -0.1) is 6.42 Å². The third-order valence-corrected chi connectivity index (χ3v) is 2.94. The Morgan fingerprint density at radius 2 is 2.28 bits per heavy atom. The van der Waals surface area contributed by atoms with E-state index in [1.165, 1.54) is 6.07 Å². The van der Waals surface area contributed by atoms with Gasteiger partial charge in [0.2, 0.25) is 0 Å². The molecule has 0 saturated carbocycles. The summed E-state index contributed by atoms with van der Waals surface area (Å²) in [6, 6.07) is 4.89. The molecule has 18 heavy (non-hydrogen) atoms. The highest BCUT2D eigenvalue weighted by atomic mass is 79.9. The van der Waals surface area contributed by atoms with Crippen molar-refractivity contribution < 1.29 is 4.92 Å². The summed E-state index contributed by atoms with van der Waals surface area (Å²) in [6.07, 6.45) is 7.30. The van der Waals surface area contributed by atoms with Crippen molar-refractivity contribution in [3.63, 3.8) is 0 Å². The molecule has 0 radical (unpaired) electrons. The Balaban J connectivity index is 2.73. The molecular weight excluding hydrogens is 296 g/mol. The van der Waals surface area contributed by atoms with Crippen molar-refractivity contribution in [2.24, 2.45) is 0 Å². The van der Waals surface area contributed by atoms with E-state index in [0.29, 0.717) is 11.0 Å². The number of nitro groups is 1. The summed E-state index contributed by atoms with van der Waals surface area (Å²) in [6.45, 7) is 2.59. The van der Waals surface area contributed by atoms with Crippen molar-refractivity contribution in [2.45, 2.75) is 32.4 Å². The molecule has 1 aromatic rings. The summed E-state index contributed by atoms with van der Waals surface area (Å²) >= 11 is 3.26. The average Bonchev–Trinajstić information content (AvgIpc) is 2.33. The normalized spacial score (nSPS) is 11.8. The highest BCUT2D eigenvalue weighted by Crippen LogP contribution is 2.21. The number of halogens is 1. The van der Waals surface area contributed by atoms with Crippen LogP contribution >= 0.6 is 15.9 Å². The van der Waals surface area contributed by atoms with E-state index < -0.39 is 4.92 Å². The highest BCUT2D eigenvalue weighted by Gasteiger charge is 2.09. The molecule has 1 rings (SSSR count). The molecule has 0 heterocycles. The molecule has 1 aromatic carbocycles. The first-order valence-corrected chi connectivity index (χ1v) is 6.49. The van der Waals surface area contributed by atoms with Crippen molar-refractivity contribution in [2.75, 3.05) is 0 Å². The van der Waals surface area contributed by atoms with Gasteiger partial charge in [0.05, 0.1) is 11.0 Å². The largest absolute Gasteiger partial charge is 0.300 e. The van der Waals surface area contributed by atoms with Gasteiger partial charge in [-0.3, -0.25) is 15.4 Å². The van der Waals surface area contributed by atoms with Crippen LogP contribution < -0.4 is 5.32 Å². The Bertz CT molecular complexity index is 469. The van der Waals surface area contributed by atoms with Crippen molar-refractivity contribution in [3.05, 3.63) is 38.3 Å². The van der Waals surface area contributed by atoms with Crippen LogP contribution in [-0.4, -0.2) is 11.0 Å². The predicted molar refractivity (Wildman–Crippen MR) is 75.2 cm³/mol. The van der Waals surface area contributed by atoms with E-state index in [1.807, 2.05) is 6.07 Å². The van der Waals surface area contributed by atoms with Gasteiger partial charge in [-0.25, -0.2) is 0 Å². The second-order valence-corrected chi connectivity index (χ2v) is 4.88. The van der Waals surface area contributed by atoms with Gasteiger partial charge in [-0.1, -0.05) is 35.2 Å². The van der Waals surface area contributed by atoms with Gasteiger partial charge in [0, 0.05) is 23.2 Å². The molecule has 1 unspecified atom stereocenters. The standard InChI is InChI=1S/C13H15BrN2O2/c1-3-5-12(4-2)15-9-10-6-11(14)8-13(7-10)16(17)18/h2,6-8,12,15H,3,5,9H2,1H3. The number of nitrogens with zero attached hydrogens (tertiary/aromatic N) is 1. The lowest BCUT2D eigenvalue weighted by molar-refractivity contribution is -0.385. The third-order valence-electron chi connectivity index (χ3n) is 2.48. The summed E-state index contributed by atoms with van der Waals surface area (Å²) in [5, 5.41) is 13.9. The Labute approximate surface area is 115 Å². The number of rotatable bonds is 6. The number of hydrogen-bond acceptors (Lipinski definition) is 3. The topological polar surface area (TPSA) is 55.2 Å². The minimum atomic E-state index is -0.404. The molecule has 0 aliphatic heterocycles. The van der Waals surface area contributed by atoms with E-state index in [0.717, 1.165) is 18.4 Å². The molecule has 4 nitrogen and oxygen atoms in total. The van der Waals surface area contributed by atoms with Gasteiger partial charge in [0.1, 0.15) is 0 Å². The maximum atomic E-state index is 10.7. The quantitative estimate of drug-likeness (QED) is 0.498. The summed E-state index contributed by atoms with van der Waals surface area (Å²) in [5.41, 5.74) is 0.918. The van der Waals surface area contributed by atoms with Crippen LogP contribution in [0.15, 0.2) is 22.7 Å². The van der Waals surface area contributed by atoms with E-state index >= 15 is 0 Å². The fourth-order valence-electron chi connectivity index (χ4n) is 1.61. The van der Waals surface area contributed by atoms with Crippen LogP contribution in [0, 0.1) is 22.5 Å². The van der Waals surface area contributed by atoms with Crippen LogP contribution in [0.3, 0.4) is 0 Å². The fourth-order valence-corrected chi connectivity index (χ4v) is 2.14. The van der Waals surface area contributed by atoms with Crippen LogP contribution in [0.5, 0.6) is 0 Å². The molecule has 0 aromatic heterocycles. The summed E-state index contributed by atoms with van der Waals surface area (Å²) < 4.78 is 0.696. The zero-order valence-electron chi connectivity index (χ0n) is 10.1. The number of nitro benzene ring substituents is 1. The monoisotopic (exact) mass is 310 g/mol. The van der Waals surface area contributed by atoms with Crippen molar-refractivity contribution in [1.82, 2.24) is 5.32 Å². The maximum absolute atomic E-state index is 10.7. The van der Waals surface area contributed by atoms with E-state index in [4.69, 9.17) is 6.42 Å². The van der Waals surface area contributed by atoms with Crippen LogP contribution in [0.4, 0.5) is 5.69 Å². The van der Waals surface area contributed by atoms with Crippen molar-refractivity contribution in [3.8, 4) is 12.3 Å². The first kappa shape index (κ1) is 14.7. The SMILES string of the molecule is C#CC(CCC)NCc1cc(Br)cc([N+](=O)[O-])c1. The van der Waals surface area contributed by atoms with Crippen molar-refractivity contribution in [1.29, 1.82) is 0 Å². The molecule has 1 atom stereocenters. The molecular formula is C13H15BrN2O2. The average molecular weight is 311 g/mol.